The normalized spacial score (nSPS) is 16.2. The fraction of sp³-hybridized carbons (Fsp3) is 0.650. The molecule has 1 aliphatic heterocycles. The van der Waals surface area contributed by atoms with Gasteiger partial charge in [0.1, 0.15) is 16.5 Å². The van der Waals surface area contributed by atoms with E-state index in [1.54, 1.807) is 11.3 Å². The summed E-state index contributed by atoms with van der Waals surface area (Å²) in [7, 11) is 0. The molecule has 2 aromatic heterocycles. The molecule has 0 bridgehead atoms. The van der Waals surface area contributed by atoms with E-state index in [1.165, 1.54) is 23.3 Å². The van der Waals surface area contributed by atoms with Gasteiger partial charge in [-0.25, -0.2) is 9.97 Å². The predicted molar refractivity (Wildman–Crippen MR) is 112 cm³/mol. The fourth-order valence-corrected chi connectivity index (χ4v) is 4.50. The standard InChI is InChI=1S/C20H31N5OS/c1-12(2)22-17(26)10-21-19-18-14(4)15(5)27-20(18)24-16(23-19)11-25-8-6-13(3)7-9-25/h12-13H,6-11H2,1-5H3,(H,22,26)(H,21,23,24). The Morgan fingerprint density at radius 3 is 2.63 bits per heavy atom. The number of aryl methyl sites for hydroxylation is 2. The number of hydrogen-bond donors (Lipinski definition) is 2. The smallest absolute Gasteiger partial charge is 0.239 e. The Hall–Kier alpha value is -1.73. The number of nitrogens with one attached hydrogen (secondary N) is 2. The van der Waals surface area contributed by atoms with Crippen LogP contribution in [0.5, 0.6) is 0 Å². The number of carbonyl (C=O) groups is 1. The van der Waals surface area contributed by atoms with Crippen LogP contribution in [0.15, 0.2) is 0 Å². The Labute approximate surface area is 165 Å². The molecule has 1 saturated heterocycles. The maximum atomic E-state index is 12.1. The molecule has 0 spiro atoms. The van der Waals surface area contributed by atoms with Crippen LogP contribution in [-0.2, 0) is 11.3 Å². The molecule has 1 amide bonds. The summed E-state index contributed by atoms with van der Waals surface area (Å²) in [6.07, 6.45) is 2.47. The summed E-state index contributed by atoms with van der Waals surface area (Å²) in [6, 6.07) is 0.131. The molecule has 1 aliphatic rings. The minimum atomic E-state index is -0.0204. The lowest BCUT2D eigenvalue weighted by Crippen LogP contribution is -2.35. The van der Waals surface area contributed by atoms with Gasteiger partial charge < -0.3 is 10.6 Å². The summed E-state index contributed by atoms with van der Waals surface area (Å²) in [5.41, 5.74) is 1.19. The Kier molecular flexibility index (Phi) is 6.32. The molecule has 0 aromatic carbocycles. The van der Waals surface area contributed by atoms with Crippen molar-refractivity contribution in [1.82, 2.24) is 20.2 Å². The minimum Gasteiger partial charge on any atom is -0.360 e. The lowest BCUT2D eigenvalue weighted by Gasteiger charge is -2.29. The largest absolute Gasteiger partial charge is 0.360 e. The maximum Gasteiger partial charge on any atom is 0.239 e. The zero-order chi connectivity index (χ0) is 19.6. The van der Waals surface area contributed by atoms with Crippen LogP contribution >= 0.6 is 11.3 Å². The summed E-state index contributed by atoms with van der Waals surface area (Å²) in [6.45, 7) is 13.7. The molecule has 148 valence electrons. The van der Waals surface area contributed by atoms with Gasteiger partial charge >= 0.3 is 0 Å². The van der Waals surface area contributed by atoms with Gasteiger partial charge in [0, 0.05) is 10.9 Å². The van der Waals surface area contributed by atoms with E-state index in [2.05, 4.69) is 36.3 Å². The molecule has 0 radical (unpaired) electrons. The highest BCUT2D eigenvalue weighted by atomic mass is 32.1. The number of piperidine rings is 1. The van der Waals surface area contributed by atoms with Gasteiger partial charge in [-0.3, -0.25) is 9.69 Å². The van der Waals surface area contributed by atoms with Crippen molar-refractivity contribution in [2.45, 2.75) is 60.0 Å². The number of thiophene rings is 1. The van der Waals surface area contributed by atoms with Crippen LogP contribution in [0.3, 0.4) is 0 Å². The van der Waals surface area contributed by atoms with E-state index < -0.39 is 0 Å². The van der Waals surface area contributed by atoms with Gasteiger partial charge in [-0.2, -0.15) is 0 Å². The van der Waals surface area contributed by atoms with Crippen molar-refractivity contribution in [2.75, 3.05) is 25.0 Å². The topological polar surface area (TPSA) is 70.2 Å². The van der Waals surface area contributed by atoms with Gasteiger partial charge in [-0.1, -0.05) is 6.92 Å². The quantitative estimate of drug-likeness (QED) is 0.792. The molecular weight excluding hydrogens is 358 g/mol. The molecule has 0 atom stereocenters. The Morgan fingerprint density at radius 2 is 1.96 bits per heavy atom. The second-order valence-electron chi connectivity index (χ2n) is 7.99. The predicted octanol–water partition coefficient (Wildman–Crippen LogP) is 3.48. The van der Waals surface area contributed by atoms with Gasteiger partial charge in [-0.05, 0) is 65.1 Å². The molecule has 3 heterocycles. The van der Waals surface area contributed by atoms with Gasteiger partial charge in [0.2, 0.25) is 5.91 Å². The fourth-order valence-electron chi connectivity index (χ4n) is 3.45. The zero-order valence-electron chi connectivity index (χ0n) is 17.1. The number of rotatable bonds is 6. The van der Waals surface area contributed by atoms with E-state index in [-0.39, 0.29) is 18.5 Å². The van der Waals surface area contributed by atoms with Gasteiger partial charge in [0.15, 0.2) is 0 Å². The van der Waals surface area contributed by atoms with Gasteiger partial charge in [0.05, 0.1) is 18.5 Å². The Morgan fingerprint density at radius 1 is 1.26 bits per heavy atom. The third-order valence-electron chi connectivity index (χ3n) is 5.18. The van der Waals surface area contributed by atoms with Crippen LogP contribution in [0.1, 0.15) is 49.9 Å². The van der Waals surface area contributed by atoms with E-state index in [0.29, 0.717) is 0 Å². The SMILES string of the molecule is Cc1sc2nc(CN3CCC(C)CC3)nc(NCC(=O)NC(C)C)c2c1C. The van der Waals surface area contributed by atoms with E-state index in [0.717, 1.165) is 47.4 Å². The summed E-state index contributed by atoms with van der Waals surface area (Å²) >= 11 is 1.70. The average Bonchev–Trinajstić information content (AvgIpc) is 2.88. The highest BCUT2D eigenvalue weighted by Gasteiger charge is 2.19. The molecule has 6 nitrogen and oxygen atoms in total. The number of aromatic nitrogens is 2. The van der Waals surface area contributed by atoms with Crippen LogP contribution in [0.2, 0.25) is 0 Å². The minimum absolute atomic E-state index is 0.0204. The molecule has 3 rings (SSSR count). The van der Waals surface area contributed by atoms with Gasteiger partial charge in [-0.15, -0.1) is 11.3 Å². The third kappa shape index (κ3) is 4.96. The van der Waals surface area contributed by atoms with Crippen molar-refractivity contribution in [2.24, 2.45) is 5.92 Å². The number of anilines is 1. The molecule has 27 heavy (non-hydrogen) atoms. The van der Waals surface area contributed by atoms with Crippen LogP contribution < -0.4 is 10.6 Å². The molecule has 0 aliphatic carbocycles. The molecule has 2 N–H and O–H groups in total. The van der Waals surface area contributed by atoms with Crippen LogP contribution in [-0.4, -0.2) is 46.5 Å². The van der Waals surface area contributed by atoms with Crippen LogP contribution in [0.25, 0.3) is 10.2 Å². The molecule has 2 aromatic rings. The maximum absolute atomic E-state index is 12.1. The first-order valence-corrected chi connectivity index (χ1v) is 10.7. The summed E-state index contributed by atoms with van der Waals surface area (Å²) in [5.74, 6) is 2.41. The summed E-state index contributed by atoms with van der Waals surface area (Å²) < 4.78 is 0. The summed E-state index contributed by atoms with van der Waals surface area (Å²) in [4.78, 5) is 26.4. The molecule has 0 saturated carbocycles. The second kappa shape index (κ2) is 8.52. The van der Waals surface area contributed by atoms with Crippen molar-refractivity contribution in [1.29, 1.82) is 0 Å². The number of nitrogens with zero attached hydrogens (tertiary/aromatic N) is 3. The average molecular weight is 390 g/mol. The van der Waals surface area contributed by atoms with Crippen LogP contribution in [0.4, 0.5) is 5.82 Å². The van der Waals surface area contributed by atoms with Crippen molar-refractivity contribution in [3.05, 3.63) is 16.3 Å². The first-order valence-electron chi connectivity index (χ1n) is 9.85. The van der Waals surface area contributed by atoms with Crippen molar-refractivity contribution < 1.29 is 4.79 Å². The molecule has 0 unspecified atom stereocenters. The summed E-state index contributed by atoms with van der Waals surface area (Å²) in [5, 5.41) is 7.22. The number of fused-ring (bicyclic) bond motifs is 1. The van der Waals surface area contributed by atoms with Crippen LogP contribution in [0, 0.1) is 19.8 Å². The first kappa shape index (κ1) is 20.0. The third-order valence-corrected chi connectivity index (χ3v) is 6.28. The lowest BCUT2D eigenvalue weighted by molar-refractivity contribution is -0.119. The van der Waals surface area contributed by atoms with Crippen molar-refractivity contribution in [3.8, 4) is 0 Å². The number of hydrogen-bond acceptors (Lipinski definition) is 6. The van der Waals surface area contributed by atoms with Crippen molar-refractivity contribution >= 4 is 33.3 Å². The Bertz CT molecular complexity index is 808. The molecule has 7 heteroatoms. The second-order valence-corrected chi connectivity index (χ2v) is 9.19. The van der Waals surface area contributed by atoms with Crippen molar-refractivity contribution in [3.63, 3.8) is 0 Å². The van der Waals surface area contributed by atoms with E-state index in [4.69, 9.17) is 9.97 Å². The van der Waals surface area contributed by atoms with E-state index in [1.807, 2.05) is 13.8 Å². The highest BCUT2D eigenvalue weighted by Crippen LogP contribution is 2.33. The lowest BCUT2D eigenvalue weighted by atomic mass is 9.99. The highest BCUT2D eigenvalue weighted by molar-refractivity contribution is 7.18. The number of amides is 1. The number of carbonyl (C=O) groups excluding carboxylic acids is 1. The van der Waals surface area contributed by atoms with Gasteiger partial charge in [0.25, 0.3) is 0 Å². The molecule has 1 fully saturated rings. The zero-order valence-corrected chi connectivity index (χ0v) is 17.9. The monoisotopic (exact) mass is 389 g/mol. The van der Waals surface area contributed by atoms with E-state index >= 15 is 0 Å². The first-order chi connectivity index (χ1) is 12.8. The van der Waals surface area contributed by atoms with E-state index in [9.17, 15) is 4.79 Å². The number of likely N-dealkylation sites (tertiary alicyclic amines) is 1. The molecular formula is C20H31N5OS. The Balaban J connectivity index is 1.82.